The first-order valence-electron chi connectivity index (χ1n) is 15.7. The maximum Gasteiger partial charge on any atom is 0.318 e. The smallest absolute Gasteiger partial charge is 0.318 e. The first kappa shape index (κ1) is 29.1. The van der Waals surface area contributed by atoms with E-state index in [1.165, 1.54) is 32.1 Å². The van der Waals surface area contributed by atoms with Gasteiger partial charge in [0, 0.05) is 43.1 Å². The van der Waals surface area contributed by atoms with Crippen LogP contribution in [0.3, 0.4) is 0 Å². The van der Waals surface area contributed by atoms with Gasteiger partial charge in [0.2, 0.25) is 0 Å². The van der Waals surface area contributed by atoms with Crippen LogP contribution in [-0.4, -0.2) is 77.6 Å². The van der Waals surface area contributed by atoms with E-state index in [2.05, 4.69) is 25.1 Å². The molecule has 9 rings (SSSR count). The molecule has 3 aromatic carbocycles. The van der Waals surface area contributed by atoms with Crippen molar-refractivity contribution in [2.24, 2.45) is 0 Å². The van der Waals surface area contributed by atoms with Crippen LogP contribution in [0.4, 0.5) is 19.0 Å². The van der Waals surface area contributed by atoms with E-state index in [9.17, 15) is 9.50 Å². The van der Waals surface area contributed by atoms with Crippen LogP contribution >= 0.6 is 0 Å². The SMILES string of the molecule is CCc1cccc2cc(O)cc(-c3c(F)cc4c(N5CC6CCC5CN6)nc(OC)nc4c3F)c12.FC1CC2CCCN2C1. The number of hydrogen-bond acceptors (Lipinski definition) is 7. The second-order valence-electron chi connectivity index (χ2n) is 12.5. The molecule has 232 valence electrons. The van der Waals surface area contributed by atoms with Crippen molar-refractivity contribution in [3.63, 3.8) is 0 Å². The third-order valence-corrected chi connectivity index (χ3v) is 9.80. The fourth-order valence-electron chi connectivity index (χ4n) is 7.69. The topological polar surface area (TPSA) is 73.8 Å². The number of methoxy groups -OCH3 is 1. The van der Waals surface area contributed by atoms with Crippen molar-refractivity contribution >= 4 is 27.5 Å². The largest absolute Gasteiger partial charge is 0.508 e. The first-order valence-corrected chi connectivity index (χ1v) is 15.7. The average Bonchev–Trinajstić information content (AvgIpc) is 3.62. The Morgan fingerprint density at radius 2 is 1.93 bits per heavy atom. The second-order valence-corrected chi connectivity index (χ2v) is 12.5. The molecule has 5 saturated heterocycles. The van der Waals surface area contributed by atoms with Crippen LogP contribution < -0.4 is 15.0 Å². The van der Waals surface area contributed by atoms with Crippen molar-refractivity contribution in [1.82, 2.24) is 20.2 Å². The van der Waals surface area contributed by atoms with Gasteiger partial charge in [-0.2, -0.15) is 9.97 Å². The third kappa shape index (κ3) is 5.11. The van der Waals surface area contributed by atoms with Crippen LogP contribution in [0.1, 0.15) is 44.6 Å². The van der Waals surface area contributed by atoms with E-state index in [0.717, 1.165) is 43.3 Å². The molecular weight excluding hydrogens is 567 g/mol. The maximum absolute atomic E-state index is 16.3. The van der Waals surface area contributed by atoms with Gasteiger partial charge in [0.1, 0.15) is 29.1 Å². The Morgan fingerprint density at radius 1 is 1.07 bits per heavy atom. The molecule has 1 aromatic heterocycles. The number of piperidine rings is 2. The number of ether oxygens (including phenoxy) is 1. The summed E-state index contributed by atoms with van der Waals surface area (Å²) in [7, 11) is 1.44. The summed E-state index contributed by atoms with van der Waals surface area (Å²) in [4.78, 5) is 13.2. The van der Waals surface area contributed by atoms with Gasteiger partial charge in [-0.25, -0.2) is 13.2 Å². The minimum atomic E-state index is -0.792. The van der Waals surface area contributed by atoms with Crippen molar-refractivity contribution in [2.75, 3.05) is 38.2 Å². The number of hydrogen-bond donors (Lipinski definition) is 2. The maximum atomic E-state index is 16.3. The number of phenolic OH excluding ortho intramolecular Hbond substituents is 1. The highest BCUT2D eigenvalue weighted by molar-refractivity contribution is 6.03. The van der Waals surface area contributed by atoms with E-state index in [4.69, 9.17) is 4.74 Å². The third-order valence-electron chi connectivity index (χ3n) is 9.80. The summed E-state index contributed by atoms with van der Waals surface area (Å²) in [6.07, 6.45) is 5.55. The van der Waals surface area contributed by atoms with Gasteiger partial charge in [-0.3, -0.25) is 4.90 Å². The van der Waals surface area contributed by atoms with Gasteiger partial charge >= 0.3 is 6.01 Å². The first-order chi connectivity index (χ1) is 21.3. The van der Waals surface area contributed by atoms with Crippen molar-refractivity contribution in [3.8, 4) is 22.9 Å². The highest BCUT2D eigenvalue weighted by Crippen LogP contribution is 2.42. The molecule has 4 unspecified atom stereocenters. The zero-order valence-electron chi connectivity index (χ0n) is 25.1. The predicted octanol–water partition coefficient (Wildman–Crippen LogP) is 6.14. The fraction of sp³-hybridized carbons (Fsp3) is 0.471. The minimum Gasteiger partial charge on any atom is -0.508 e. The molecule has 4 aromatic rings. The number of fused-ring (bicyclic) bond motifs is 6. The summed E-state index contributed by atoms with van der Waals surface area (Å²) in [6, 6.07) is 11.1. The van der Waals surface area contributed by atoms with Gasteiger partial charge in [-0.05, 0) is 85.2 Å². The van der Waals surface area contributed by atoms with Crippen LogP contribution in [-0.2, 0) is 6.42 Å². The predicted molar refractivity (Wildman–Crippen MR) is 166 cm³/mol. The molecule has 0 saturated carbocycles. The summed E-state index contributed by atoms with van der Waals surface area (Å²) in [5, 5.41) is 15.6. The second kappa shape index (κ2) is 11.7. The molecule has 44 heavy (non-hydrogen) atoms. The lowest BCUT2D eigenvalue weighted by molar-refractivity contribution is 0.288. The number of rotatable bonds is 4. The highest BCUT2D eigenvalue weighted by atomic mass is 19.1. The molecule has 2 N–H and O–H groups in total. The zero-order valence-corrected chi connectivity index (χ0v) is 25.1. The van der Waals surface area contributed by atoms with Crippen molar-refractivity contribution in [2.45, 2.75) is 69.7 Å². The van der Waals surface area contributed by atoms with E-state index in [1.54, 1.807) is 6.07 Å². The molecule has 10 heteroatoms. The van der Waals surface area contributed by atoms with E-state index in [-0.39, 0.29) is 28.9 Å². The molecule has 2 bridgehead atoms. The summed E-state index contributed by atoms with van der Waals surface area (Å²) >= 11 is 0. The molecule has 5 fully saturated rings. The van der Waals surface area contributed by atoms with Gasteiger partial charge in [0.05, 0.1) is 12.7 Å². The number of aryl methyl sites for hydroxylation is 1. The summed E-state index contributed by atoms with van der Waals surface area (Å²) in [5.41, 5.74) is 1.03. The van der Waals surface area contributed by atoms with Crippen LogP contribution in [0.15, 0.2) is 36.4 Å². The van der Waals surface area contributed by atoms with Gasteiger partial charge in [0.15, 0.2) is 5.82 Å². The molecule has 4 atom stereocenters. The zero-order chi connectivity index (χ0) is 30.5. The van der Waals surface area contributed by atoms with Crippen molar-refractivity contribution < 1.29 is 23.0 Å². The number of halogens is 3. The summed E-state index contributed by atoms with van der Waals surface area (Å²) in [5.74, 6) is -1.08. The molecule has 5 aliphatic rings. The standard InChI is InChI=1S/C27H26F2N4O2.C7H12FN/c1-3-14-5-4-6-15-9-18(34)10-19(22(14)15)23-21(28)11-20-25(24(23)29)31-27(35-2)32-26(20)33-13-16-7-8-17(33)12-30-16;8-6-4-7-2-1-3-9(7)5-6/h4-6,9-11,16-17,30,34H,3,7-8,12-13H2,1-2H3;6-7H,1-5H2. The Morgan fingerprint density at radius 3 is 2.64 bits per heavy atom. The summed E-state index contributed by atoms with van der Waals surface area (Å²) in [6.45, 7) is 5.36. The number of nitrogens with one attached hydrogen (secondary N) is 1. The van der Waals surface area contributed by atoms with Gasteiger partial charge in [0.25, 0.3) is 0 Å². The number of benzene rings is 3. The number of alkyl halides is 1. The van der Waals surface area contributed by atoms with Crippen LogP contribution in [0.2, 0.25) is 0 Å². The number of aromatic hydroxyl groups is 1. The molecule has 0 amide bonds. The number of anilines is 1. The van der Waals surface area contributed by atoms with Gasteiger partial charge in [-0.1, -0.05) is 25.1 Å². The molecule has 0 radical (unpaired) electrons. The van der Waals surface area contributed by atoms with Crippen molar-refractivity contribution in [1.29, 1.82) is 0 Å². The van der Waals surface area contributed by atoms with E-state index in [0.29, 0.717) is 53.7 Å². The summed E-state index contributed by atoms with van der Waals surface area (Å²) < 4.78 is 50.0. The highest BCUT2D eigenvalue weighted by Gasteiger charge is 2.36. The quantitative estimate of drug-likeness (QED) is 0.290. The Bertz CT molecular complexity index is 1700. The number of piperazine rings is 1. The number of aromatic nitrogens is 2. The Hall–Kier alpha value is -3.63. The Balaban J connectivity index is 0.000000296. The van der Waals surface area contributed by atoms with E-state index >= 15 is 8.78 Å². The number of nitrogens with zero attached hydrogens (tertiary/aromatic N) is 4. The number of phenols is 1. The van der Waals surface area contributed by atoms with Crippen molar-refractivity contribution in [3.05, 3.63) is 53.6 Å². The van der Waals surface area contributed by atoms with E-state index < -0.39 is 17.8 Å². The lowest BCUT2D eigenvalue weighted by atomic mass is 9.91. The fourth-order valence-corrected chi connectivity index (χ4v) is 7.69. The monoisotopic (exact) mass is 605 g/mol. The molecule has 0 spiro atoms. The molecule has 6 heterocycles. The molecular formula is C34H38F3N5O2. The lowest BCUT2D eigenvalue weighted by Crippen LogP contribution is -2.61. The molecule has 5 aliphatic heterocycles. The minimum absolute atomic E-state index is 0.00290. The van der Waals surface area contributed by atoms with Gasteiger partial charge < -0.3 is 20.1 Å². The normalized spacial score (nSPS) is 24.5. The van der Waals surface area contributed by atoms with Gasteiger partial charge in [-0.15, -0.1) is 0 Å². The average molecular weight is 606 g/mol. The van der Waals surface area contributed by atoms with Crippen LogP contribution in [0.25, 0.3) is 32.8 Å². The van der Waals surface area contributed by atoms with E-state index in [1.807, 2.05) is 25.1 Å². The van der Waals surface area contributed by atoms with Crippen LogP contribution in [0, 0.1) is 11.6 Å². The van der Waals surface area contributed by atoms with Crippen LogP contribution in [0.5, 0.6) is 11.8 Å². The molecule has 0 aliphatic carbocycles. The molecule has 7 nitrogen and oxygen atoms in total. The Labute approximate surface area is 255 Å². The lowest BCUT2D eigenvalue weighted by Gasteiger charge is -2.46. The Kier molecular flexibility index (Phi) is 7.74.